The van der Waals surface area contributed by atoms with Crippen LogP contribution in [0.15, 0.2) is 54.7 Å². The van der Waals surface area contributed by atoms with Gasteiger partial charge in [-0.15, -0.1) is 0 Å². The lowest BCUT2D eigenvalue weighted by molar-refractivity contribution is -0.140. The Morgan fingerprint density at radius 2 is 1.67 bits per heavy atom. The SMILES string of the molecule is FC(F)(F)c1nn2c(ncc3ccccc32)c1-c1ccc(Cl)cc1. The number of hydrogen-bond donors (Lipinski definition) is 0. The van der Waals surface area contributed by atoms with Crippen molar-refractivity contribution < 1.29 is 13.2 Å². The Morgan fingerprint density at radius 1 is 0.958 bits per heavy atom. The molecule has 0 radical (unpaired) electrons. The number of rotatable bonds is 1. The molecule has 0 aliphatic heterocycles. The van der Waals surface area contributed by atoms with E-state index in [-0.39, 0.29) is 11.2 Å². The summed E-state index contributed by atoms with van der Waals surface area (Å²) in [5.74, 6) is 0. The molecular formula is C17H9ClF3N3. The Hall–Kier alpha value is -2.60. The summed E-state index contributed by atoms with van der Waals surface area (Å²) in [5, 5.41) is 4.97. The maximum Gasteiger partial charge on any atom is 0.435 e. The van der Waals surface area contributed by atoms with Gasteiger partial charge in [-0.25, -0.2) is 9.50 Å². The van der Waals surface area contributed by atoms with Crippen LogP contribution in [0.25, 0.3) is 27.7 Å². The fraction of sp³-hybridized carbons (Fsp3) is 0.0588. The number of halogens is 4. The number of hydrogen-bond acceptors (Lipinski definition) is 2. The van der Waals surface area contributed by atoms with Crippen LogP contribution in [0.2, 0.25) is 5.02 Å². The van der Waals surface area contributed by atoms with Gasteiger partial charge < -0.3 is 0 Å². The van der Waals surface area contributed by atoms with Crippen molar-refractivity contribution in [2.24, 2.45) is 0 Å². The molecule has 0 spiro atoms. The second-order valence-corrected chi connectivity index (χ2v) is 5.72. The molecule has 4 rings (SSSR count). The first kappa shape index (κ1) is 15.0. The van der Waals surface area contributed by atoms with Gasteiger partial charge in [0.15, 0.2) is 11.3 Å². The number of benzene rings is 2. The molecule has 0 fully saturated rings. The number of fused-ring (bicyclic) bond motifs is 3. The third kappa shape index (κ3) is 2.30. The predicted molar refractivity (Wildman–Crippen MR) is 85.9 cm³/mol. The van der Waals surface area contributed by atoms with E-state index in [0.717, 1.165) is 0 Å². The van der Waals surface area contributed by atoms with E-state index >= 15 is 0 Å². The van der Waals surface area contributed by atoms with E-state index in [2.05, 4.69) is 10.1 Å². The van der Waals surface area contributed by atoms with Gasteiger partial charge in [0.2, 0.25) is 0 Å². The lowest BCUT2D eigenvalue weighted by atomic mass is 10.1. The summed E-state index contributed by atoms with van der Waals surface area (Å²) in [6.07, 6.45) is -3.05. The molecule has 0 atom stereocenters. The maximum absolute atomic E-state index is 13.5. The molecule has 0 saturated heterocycles. The van der Waals surface area contributed by atoms with Crippen LogP contribution in [0, 0.1) is 0 Å². The average molecular weight is 348 g/mol. The topological polar surface area (TPSA) is 30.2 Å². The van der Waals surface area contributed by atoms with E-state index in [0.29, 0.717) is 21.5 Å². The summed E-state index contributed by atoms with van der Waals surface area (Å²) in [5.41, 5.74) is 0.0691. The molecule has 120 valence electrons. The fourth-order valence-corrected chi connectivity index (χ4v) is 2.82. The Bertz CT molecular complexity index is 1050. The van der Waals surface area contributed by atoms with Gasteiger partial charge in [-0.05, 0) is 23.8 Å². The molecule has 3 nitrogen and oxygen atoms in total. The lowest BCUT2D eigenvalue weighted by Gasteiger charge is -2.06. The van der Waals surface area contributed by atoms with Crippen molar-refractivity contribution in [1.82, 2.24) is 14.6 Å². The molecule has 0 saturated carbocycles. The Labute approximate surface area is 139 Å². The third-order valence-electron chi connectivity index (χ3n) is 3.75. The number of alkyl halides is 3. The zero-order valence-corrected chi connectivity index (χ0v) is 12.8. The standard InChI is InChI=1S/C17H9ClF3N3/c18-12-7-5-10(6-8-12)14-15(17(19,20)21)23-24-13-4-2-1-3-11(13)9-22-16(14)24/h1-9H. The van der Waals surface area contributed by atoms with Crippen molar-refractivity contribution in [1.29, 1.82) is 0 Å². The molecule has 24 heavy (non-hydrogen) atoms. The van der Waals surface area contributed by atoms with Crippen molar-refractivity contribution in [3.63, 3.8) is 0 Å². The minimum Gasteiger partial charge on any atom is -0.236 e. The van der Waals surface area contributed by atoms with Gasteiger partial charge in [-0.2, -0.15) is 18.3 Å². The monoisotopic (exact) mass is 347 g/mol. The maximum atomic E-state index is 13.5. The summed E-state index contributed by atoms with van der Waals surface area (Å²) >= 11 is 5.84. The van der Waals surface area contributed by atoms with Gasteiger partial charge in [-0.3, -0.25) is 0 Å². The minimum atomic E-state index is -4.59. The molecule has 0 unspecified atom stereocenters. The Kier molecular flexibility index (Phi) is 3.25. The van der Waals surface area contributed by atoms with Crippen LogP contribution >= 0.6 is 11.6 Å². The van der Waals surface area contributed by atoms with Gasteiger partial charge in [0, 0.05) is 16.6 Å². The van der Waals surface area contributed by atoms with Crippen molar-refractivity contribution in [3.8, 4) is 11.1 Å². The van der Waals surface area contributed by atoms with E-state index in [1.54, 1.807) is 42.6 Å². The first-order valence-electron chi connectivity index (χ1n) is 7.05. The average Bonchev–Trinajstić information content (AvgIpc) is 2.96. The second-order valence-electron chi connectivity index (χ2n) is 5.28. The first-order valence-corrected chi connectivity index (χ1v) is 7.42. The molecule has 7 heteroatoms. The lowest BCUT2D eigenvalue weighted by Crippen LogP contribution is -2.07. The number of nitrogens with zero attached hydrogens (tertiary/aromatic N) is 3. The highest BCUT2D eigenvalue weighted by Crippen LogP contribution is 2.39. The summed E-state index contributed by atoms with van der Waals surface area (Å²) in [7, 11) is 0. The number of para-hydroxylation sites is 1. The first-order chi connectivity index (χ1) is 11.4. The molecule has 0 aliphatic carbocycles. The fourth-order valence-electron chi connectivity index (χ4n) is 2.70. The van der Waals surface area contributed by atoms with Gasteiger partial charge in [0.25, 0.3) is 0 Å². The zero-order valence-electron chi connectivity index (χ0n) is 12.0. The van der Waals surface area contributed by atoms with E-state index < -0.39 is 11.9 Å². The molecule has 0 aliphatic rings. The van der Waals surface area contributed by atoms with Gasteiger partial charge >= 0.3 is 6.18 Å². The van der Waals surface area contributed by atoms with Crippen molar-refractivity contribution in [3.05, 3.63) is 65.4 Å². The van der Waals surface area contributed by atoms with E-state index in [9.17, 15) is 13.2 Å². The van der Waals surface area contributed by atoms with Crippen LogP contribution in [0.5, 0.6) is 0 Å². The highest BCUT2D eigenvalue weighted by Gasteiger charge is 2.39. The Balaban J connectivity index is 2.13. The normalized spacial score (nSPS) is 12.2. The van der Waals surface area contributed by atoms with Crippen LogP contribution in [-0.4, -0.2) is 14.6 Å². The van der Waals surface area contributed by atoms with E-state index in [4.69, 9.17) is 11.6 Å². The smallest absolute Gasteiger partial charge is 0.236 e. The largest absolute Gasteiger partial charge is 0.435 e. The second kappa shape index (κ2) is 5.21. The molecule has 2 aromatic carbocycles. The molecule has 0 bridgehead atoms. The van der Waals surface area contributed by atoms with Gasteiger partial charge in [0.1, 0.15) is 0 Å². The summed E-state index contributed by atoms with van der Waals surface area (Å²) in [6.45, 7) is 0. The third-order valence-corrected chi connectivity index (χ3v) is 4.01. The predicted octanol–water partition coefficient (Wildman–Crippen LogP) is 5.22. The number of aromatic nitrogens is 3. The van der Waals surface area contributed by atoms with Gasteiger partial charge in [-0.1, -0.05) is 41.9 Å². The van der Waals surface area contributed by atoms with Crippen LogP contribution in [0.1, 0.15) is 5.69 Å². The summed E-state index contributed by atoms with van der Waals surface area (Å²) in [4.78, 5) is 4.21. The van der Waals surface area contributed by atoms with Crippen LogP contribution in [-0.2, 0) is 6.18 Å². The van der Waals surface area contributed by atoms with Crippen molar-refractivity contribution in [2.75, 3.05) is 0 Å². The van der Waals surface area contributed by atoms with E-state index in [1.807, 2.05) is 0 Å². The molecule has 0 N–H and O–H groups in total. The minimum absolute atomic E-state index is 0.0510. The van der Waals surface area contributed by atoms with Gasteiger partial charge in [0.05, 0.1) is 11.1 Å². The van der Waals surface area contributed by atoms with Crippen molar-refractivity contribution >= 4 is 28.2 Å². The van der Waals surface area contributed by atoms with Crippen LogP contribution in [0.3, 0.4) is 0 Å². The molecule has 0 amide bonds. The van der Waals surface area contributed by atoms with Crippen LogP contribution < -0.4 is 0 Å². The highest BCUT2D eigenvalue weighted by molar-refractivity contribution is 6.30. The Morgan fingerprint density at radius 3 is 2.38 bits per heavy atom. The molecule has 2 heterocycles. The summed E-state index contributed by atoms with van der Waals surface area (Å²) < 4.78 is 41.8. The van der Waals surface area contributed by atoms with Crippen LogP contribution in [0.4, 0.5) is 13.2 Å². The zero-order chi connectivity index (χ0) is 16.9. The molecule has 4 aromatic rings. The molecular weight excluding hydrogens is 339 g/mol. The quantitative estimate of drug-likeness (QED) is 0.472. The summed E-state index contributed by atoms with van der Waals surface area (Å²) in [6, 6.07) is 13.2. The van der Waals surface area contributed by atoms with Crippen molar-refractivity contribution in [2.45, 2.75) is 6.18 Å². The molecule has 2 aromatic heterocycles. The highest BCUT2D eigenvalue weighted by atomic mass is 35.5. The van der Waals surface area contributed by atoms with E-state index in [1.165, 1.54) is 16.6 Å².